The van der Waals surface area contributed by atoms with E-state index in [2.05, 4.69) is 5.32 Å². The van der Waals surface area contributed by atoms with Crippen molar-refractivity contribution in [2.75, 3.05) is 20.3 Å². The number of amides is 1. The Kier molecular flexibility index (Phi) is 7.69. The first-order valence-electron chi connectivity index (χ1n) is 6.91. The van der Waals surface area contributed by atoms with Crippen LogP contribution in [-0.4, -0.2) is 32.3 Å². The summed E-state index contributed by atoms with van der Waals surface area (Å²) in [5.74, 6) is 0.657. The van der Waals surface area contributed by atoms with Gasteiger partial charge in [-0.2, -0.15) is 0 Å². The fraction of sp³-hybridized carbons (Fsp3) is 0.533. The molecule has 1 unspecified atom stereocenters. The summed E-state index contributed by atoms with van der Waals surface area (Å²) in [4.78, 5) is 11.7. The topological polar surface area (TPSA) is 73.6 Å². The van der Waals surface area contributed by atoms with Crippen LogP contribution in [0.5, 0.6) is 5.75 Å². The van der Waals surface area contributed by atoms with Crippen LogP contribution in [0.3, 0.4) is 0 Å². The monoisotopic (exact) mass is 280 g/mol. The van der Waals surface area contributed by atoms with Crippen molar-refractivity contribution in [3.63, 3.8) is 0 Å². The molecule has 1 amide bonds. The lowest BCUT2D eigenvalue weighted by molar-refractivity contribution is -0.122. The first-order chi connectivity index (χ1) is 9.67. The summed E-state index contributed by atoms with van der Waals surface area (Å²) in [6.45, 7) is 3.52. The quantitative estimate of drug-likeness (QED) is 0.672. The zero-order chi connectivity index (χ0) is 14.8. The molecule has 3 N–H and O–H groups in total. The molecule has 1 aromatic rings. The van der Waals surface area contributed by atoms with Crippen LogP contribution in [0.2, 0.25) is 0 Å². The van der Waals surface area contributed by atoms with E-state index >= 15 is 0 Å². The van der Waals surface area contributed by atoms with Crippen molar-refractivity contribution < 1.29 is 14.3 Å². The molecule has 0 saturated carbocycles. The van der Waals surface area contributed by atoms with Gasteiger partial charge >= 0.3 is 0 Å². The van der Waals surface area contributed by atoms with Crippen LogP contribution in [-0.2, 0) is 16.1 Å². The van der Waals surface area contributed by atoms with Gasteiger partial charge in [-0.15, -0.1) is 0 Å². The molecule has 20 heavy (non-hydrogen) atoms. The van der Waals surface area contributed by atoms with Crippen molar-refractivity contribution in [2.24, 2.45) is 5.73 Å². The normalized spacial score (nSPS) is 11.9. The Morgan fingerprint density at radius 3 is 2.90 bits per heavy atom. The molecule has 0 aromatic heterocycles. The van der Waals surface area contributed by atoms with Crippen LogP contribution in [0.15, 0.2) is 24.3 Å². The van der Waals surface area contributed by atoms with E-state index in [1.165, 1.54) is 0 Å². The van der Waals surface area contributed by atoms with E-state index in [-0.39, 0.29) is 5.91 Å². The van der Waals surface area contributed by atoms with E-state index in [4.69, 9.17) is 15.2 Å². The first-order valence-corrected chi connectivity index (χ1v) is 6.91. The SMILES string of the molecule is CCCC(N)C(=O)NCc1cccc(OCCOC)c1. The average molecular weight is 280 g/mol. The van der Waals surface area contributed by atoms with Crippen LogP contribution in [0.4, 0.5) is 0 Å². The Morgan fingerprint density at radius 2 is 2.20 bits per heavy atom. The molecule has 0 heterocycles. The molecule has 0 radical (unpaired) electrons. The molecule has 0 fully saturated rings. The van der Waals surface area contributed by atoms with Crippen molar-refractivity contribution in [2.45, 2.75) is 32.4 Å². The molecule has 1 atom stereocenters. The Balaban J connectivity index is 2.43. The number of benzene rings is 1. The van der Waals surface area contributed by atoms with E-state index in [9.17, 15) is 4.79 Å². The average Bonchev–Trinajstić information content (AvgIpc) is 2.46. The molecule has 112 valence electrons. The molecule has 0 aliphatic carbocycles. The Hall–Kier alpha value is -1.59. The van der Waals surface area contributed by atoms with E-state index in [0.29, 0.717) is 26.2 Å². The summed E-state index contributed by atoms with van der Waals surface area (Å²) in [5.41, 5.74) is 6.74. The molecule has 0 saturated heterocycles. The van der Waals surface area contributed by atoms with Gasteiger partial charge in [-0.1, -0.05) is 25.5 Å². The summed E-state index contributed by atoms with van der Waals surface area (Å²) in [7, 11) is 1.63. The highest BCUT2D eigenvalue weighted by atomic mass is 16.5. The molecular formula is C15H24N2O3. The van der Waals surface area contributed by atoms with E-state index < -0.39 is 6.04 Å². The van der Waals surface area contributed by atoms with Crippen LogP contribution in [0.1, 0.15) is 25.3 Å². The summed E-state index contributed by atoms with van der Waals surface area (Å²) < 4.78 is 10.4. The Bertz CT molecular complexity index is 410. The number of nitrogens with one attached hydrogen (secondary N) is 1. The number of hydrogen-bond acceptors (Lipinski definition) is 4. The van der Waals surface area contributed by atoms with Crippen molar-refractivity contribution in [3.8, 4) is 5.75 Å². The van der Waals surface area contributed by atoms with Crippen LogP contribution >= 0.6 is 0 Å². The maximum atomic E-state index is 11.7. The summed E-state index contributed by atoms with van der Waals surface area (Å²) >= 11 is 0. The lowest BCUT2D eigenvalue weighted by atomic mass is 10.1. The van der Waals surface area contributed by atoms with E-state index in [1.807, 2.05) is 31.2 Å². The maximum absolute atomic E-state index is 11.7. The van der Waals surface area contributed by atoms with Crippen molar-refractivity contribution in [3.05, 3.63) is 29.8 Å². The summed E-state index contributed by atoms with van der Waals surface area (Å²) in [6, 6.07) is 7.19. The zero-order valence-electron chi connectivity index (χ0n) is 12.2. The minimum absolute atomic E-state index is 0.113. The van der Waals surface area contributed by atoms with Gasteiger partial charge in [0, 0.05) is 13.7 Å². The van der Waals surface area contributed by atoms with Gasteiger partial charge in [-0.25, -0.2) is 0 Å². The molecular weight excluding hydrogens is 256 g/mol. The lowest BCUT2D eigenvalue weighted by Crippen LogP contribution is -2.40. The number of rotatable bonds is 9. The van der Waals surface area contributed by atoms with Gasteiger partial charge in [0.15, 0.2) is 0 Å². The largest absolute Gasteiger partial charge is 0.491 e. The van der Waals surface area contributed by atoms with Crippen LogP contribution in [0, 0.1) is 0 Å². The van der Waals surface area contributed by atoms with Crippen LogP contribution in [0.25, 0.3) is 0 Å². The third kappa shape index (κ3) is 6.04. The smallest absolute Gasteiger partial charge is 0.237 e. The Labute approximate surface area is 120 Å². The number of ether oxygens (including phenoxy) is 2. The van der Waals surface area contributed by atoms with Gasteiger partial charge in [0.05, 0.1) is 12.6 Å². The zero-order valence-corrected chi connectivity index (χ0v) is 12.2. The summed E-state index contributed by atoms with van der Waals surface area (Å²) in [6.07, 6.45) is 1.60. The minimum Gasteiger partial charge on any atom is -0.491 e. The molecule has 5 heteroatoms. The van der Waals surface area contributed by atoms with Crippen molar-refractivity contribution in [1.82, 2.24) is 5.32 Å². The van der Waals surface area contributed by atoms with Gasteiger partial charge < -0.3 is 20.5 Å². The minimum atomic E-state index is -0.430. The second-order valence-corrected chi connectivity index (χ2v) is 4.60. The van der Waals surface area contributed by atoms with Crippen LogP contribution < -0.4 is 15.8 Å². The summed E-state index contributed by atoms with van der Waals surface area (Å²) in [5, 5.41) is 2.83. The predicted octanol–water partition coefficient (Wildman–Crippen LogP) is 1.46. The van der Waals surface area contributed by atoms with Gasteiger partial charge in [0.25, 0.3) is 0 Å². The third-order valence-corrected chi connectivity index (χ3v) is 2.86. The molecule has 0 aliphatic rings. The fourth-order valence-corrected chi connectivity index (χ4v) is 1.75. The first kappa shape index (κ1) is 16.5. The third-order valence-electron chi connectivity index (χ3n) is 2.86. The molecule has 0 aliphatic heterocycles. The highest BCUT2D eigenvalue weighted by Crippen LogP contribution is 2.13. The molecule has 0 bridgehead atoms. The lowest BCUT2D eigenvalue weighted by Gasteiger charge is -2.12. The highest BCUT2D eigenvalue weighted by Gasteiger charge is 2.11. The number of carbonyl (C=O) groups excluding carboxylic acids is 1. The van der Waals surface area contributed by atoms with Crippen molar-refractivity contribution >= 4 is 5.91 Å². The Morgan fingerprint density at radius 1 is 1.40 bits per heavy atom. The molecule has 5 nitrogen and oxygen atoms in total. The standard InChI is InChI=1S/C15H24N2O3/c1-3-5-14(16)15(18)17-11-12-6-4-7-13(10-12)20-9-8-19-2/h4,6-7,10,14H,3,5,8-9,11,16H2,1-2H3,(H,17,18). The van der Waals surface area contributed by atoms with Gasteiger partial charge in [-0.05, 0) is 24.1 Å². The van der Waals surface area contributed by atoms with Crippen molar-refractivity contribution in [1.29, 1.82) is 0 Å². The second-order valence-electron chi connectivity index (χ2n) is 4.60. The second kappa shape index (κ2) is 9.34. The number of methoxy groups -OCH3 is 1. The van der Waals surface area contributed by atoms with E-state index in [1.54, 1.807) is 7.11 Å². The maximum Gasteiger partial charge on any atom is 0.237 e. The van der Waals surface area contributed by atoms with Gasteiger partial charge in [0.2, 0.25) is 5.91 Å². The number of hydrogen-bond donors (Lipinski definition) is 2. The molecule has 1 rings (SSSR count). The highest BCUT2D eigenvalue weighted by molar-refractivity contribution is 5.81. The number of nitrogens with two attached hydrogens (primary N) is 1. The van der Waals surface area contributed by atoms with Gasteiger partial charge in [-0.3, -0.25) is 4.79 Å². The fourth-order valence-electron chi connectivity index (χ4n) is 1.75. The molecule has 0 spiro atoms. The van der Waals surface area contributed by atoms with Gasteiger partial charge in [0.1, 0.15) is 12.4 Å². The number of carbonyl (C=O) groups is 1. The molecule has 1 aromatic carbocycles. The predicted molar refractivity (Wildman–Crippen MR) is 78.5 cm³/mol. The van der Waals surface area contributed by atoms with E-state index in [0.717, 1.165) is 17.7 Å².